The predicted molar refractivity (Wildman–Crippen MR) is 74.8 cm³/mol. The fourth-order valence-electron chi connectivity index (χ4n) is 1.87. The van der Waals surface area contributed by atoms with Crippen molar-refractivity contribution in [1.29, 1.82) is 0 Å². The van der Waals surface area contributed by atoms with Crippen molar-refractivity contribution in [3.8, 4) is 0 Å². The van der Waals surface area contributed by atoms with Gasteiger partial charge in [-0.25, -0.2) is 14.4 Å². The van der Waals surface area contributed by atoms with Crippen molar-refractivity contribution < 1.29 is 4.39 Å². The van der Waals surface area contributed by atoms with Gasteiger partial charge in [0.15, 0.2) is 0 Å². The Morgan fingerprint density at radius 2 is 2.05 bits per heavy atom. The third-order valence-electron chi connectivity index (χ3n) is 2.78. The van der Waals surface area contributed by atoms with Crippen LogP contribution in [0, 0.1) is 12.7 Å². The standard InChI is InChI=1S/C14H17FN4/c1-10-17-13(16-2)8-14(18-10)19(3)9-11-5-4-6-12(15)7-11/h4-8H,9H2,1-3H3,(H,16,17,18). The average Bonchev–Trinajstić information content (AvgIpc) is 2.38. The van der Waals surface area contributed by atoms with Gasteiger partial charge in [0.2, 0.25) is 0 Å². The molecule has 0 bridgehead atoms. The van der Waals surface area contributed by atoms with Gasteiger partial charge in [0, 0.05) is 26.7 Å². The Morgan fingerprint density at radius 1 is 1.26 bits per heavy atom. The van der Waals surface area contributed by atoms with E-state index in [0.717, 1.165) is 17.2 Å². The summed E-state index contributed by atoms with van der Waals surface area (Å²) in [5, 5.41) is 3.00. The summed E-state index contributed by atoms with van der Waals surface area (Å²) in [5.74, 6) is 2.06. The lowest BCUT2D eigenvalue weighted by molar-refractivity contribution is 0.625. The molecule has 100 valence electrons. The van der Waals surface area contributed by atoms with E-state index in [4.69, 9.17) is 0 Å². The largest absolute Gasteiger partial charge is 0.373 e. The van der Waals surface area contributed by atoms with Gasteiger partial charge in [-0.1, -0.05) is 12.1 Å². The molecule has 4 nitrogen and oxygen atoms in total. The number of anilines is 2. The van der Waals surface area contributed by atoms with Crippen LogP contribution >= 0.6 is 0 Å². The molecule has 2 rings (SSSR count). The molecule has 0 aliphatic heterocycles. The van der Waals surface area contributed by atoms with E-state index in [9.17, 15) is 4.39 Å². The minimum atomic E-state index is -0.222. The molecule has 0 aliphatic rings. The van der Waals surface area contributed by atoms with Crippen LogP contribution in [0.3, 0.4) is 0 Å². The van der Waals surface area contributed by atoms with E-state index < -0.39 is 0 Å². The smallest absolute Gasteiger partial charge is 0.134 e. The van der Waals surface area contributed by atoms with E-state index in [0.29, 0.717) is 12.4 Å². The molecule has 1 aromatic heterocycles. The second-order valence-electron chi connectivity index (χ2n) is 4.39. The van der Waals surface area contributed by atoms with Gasteiger partial charge in [0.25, 0.3) is 0 Å². The molecule has 0 spiro atoms. The Bertz CT molecular complexity index is 571. The van der Waals surface area contributed by atoms with Crippen molar-refractivity contribution in [2.75, 3.05) is 24.3 Å². The van der Waals surface area contributed by atoms with Crippen molar-refractivity contribution >= 4 is 11.6 Å². The molecule has 0 unspecified atom stereocenters. The summed E-state index contributed by atoms with van der Waals surface area (Å²) in [5.41, 5.74) is 0.907. The number of hydrogen-bond acceptors (Lipinski definition) is 4. The molecule has 0 saturated carbocycles. The first-order valence-corrected chi connectivity index (χ1v) is 6.07. The number of benzene rings is 1. The van der Waals surface area contributed by atoms with Gasteiger partial charge < -0.3 is 10.2 Å². The third-order valence-corrected chi connectivity index (χ3v) is 2.78. The van der Waals surface area contributed by atoms with E-state index >= 15 is 0 Å². The van der Waals surface area contributed by atoms with Crippen LogP contribution in [0.2, 0.25) is 0 Å². The molecule has 2 aromatic rings. The molecule has 1 N–H and O–H groups in total. The summed E-state index contributed by atoms with van der Waals surface area (Å²) in [7, 11) is 3.74. The van der Waals surface area contributed by atoms with Crippen molar-refractivity contribution in [3.05, 3.63) is 47.5 Å². The maximum absolute atomic E-state index is 13.1. The second-order valence-corrected chi connectivity index (χ2v) is 4.39. The maximum atomic E-state index is 13.1. The molecule has 0 amide bonds. The molecule has 0 fully saturated rings. The first-order valence-electron chi connectivity index (χ1n) is 6.07. The number of aryl methyl sites for hydroxylation is 1. The van der Waals surface area contributed by atoms with Gasteiger partial charge in [-0.2, -0.15) is 0 Å². The van der Waals surface area contributed by atoms with Gasteiger partial charge in [-0.3, -0.25) is 0 Å². The zero-order valence-corrected chi connectivity index (χ0v) is 11.3. The van der Waals surface area contributed by atoms with Crippen LogP contribution in [0.5, 0.6) is 0 Å². The highest BCUT2D eigenvalue weighted by atomic mass is 19.1. The summed E-state index contributed by atoms with van der Waals surface area (Å²) < 4.78 is 13.1. The summed E-state index contributed by atoms with van der Waals surface area (Å²) in [6.07, 6.45) is 0. The lowest BCUT2D eigenvalue weighted by atomic mass is 10.2. The van der Waals surface area contributed by atoms with Crippen molar-refractivity contribution in [3.63, 3.8) is 0 Å². The summed E-state index contributed by atoms with van der Waals surface area (Å²) >= 11 is 0. The van der Waals surface area contributed by atoms with Gasteiger partial charge in [0.05, 0.1) is 0 Å². The average molecular weight is 260 g/mol. The molecule has 0 atom stereocenters. The zero-order valence-electron chi connectivity index (χ0n) is 11.3. The first kappa shape index (κ1) is 13.3. The molecule has 1 heterocycles. The van der Waals surface area contributed by atoms with Gasteiger partial charge in [0.1, 0.15) is 23.3 Å². The maximum Gasteiger partial charge on any atom is 0.134 e. The number of rotatable bonds is 4. The fraction of sp³-hybridized carbons (Fsp3) is 0.286. The van der Waals surface area contributed by atoms with Crippen LogP contribution in [-0.2, 0) is 6.54 Å². The Hall–Kier alpha value is -2.17. The molecule has 19 heavy (non-hydrogen) atoms. The van der Waals surface area contributed by atoms with Crippen LogP contribution < -0.4 is 10.2 Å². The van der Waals surface area contributed by atoms with Crippen LogP contribution in [-0.4, -0.2) is 24.1 Å². The van der Waals surface area contributed by atoms with Gasteiger partial charge in [-0.05, 0) is 24.6 Å². The van der Waals surface area contributed by atoms with Crippen LogP contribution in [0.15, 0.2) is 30.3 Å². The SMILES string of the molecule is CNc1cc(N(C)Cc2cccc(F)c2)nc(C)n1. The number of nitrogens with zero attached hydrogens (tertiary/aromatic N) is 3. The van der Waals surface area contributed by atoms with E-state index in [2.05, 4.69) is 15.3 Å². The molecule has 0 aliphatic carbocycles. The lowest BCUT2D eigenvalue weighted by Gasteiger charge is -2.19. The molecule has 0 radical (unpaired) electrons. The summed E-state index contributed by atoms with van der Waals surface area (Å²) in [6, 6.07) is 8.45. The Kier molecular flexibility index (Phi) is 3.94. The molecule has 1 aromatic carbocycles. The zero-order chi connectivity index (χ0) is 13.8. The van der Waals surface area contributed by atoms with E-state index in [1.807, 2.05) is 38.1 Å². The van der Waals surface area contributed by atoms with Gasteiger partial charge in [-0.15, -0.1) is 0 Å². The Balaban J connectivity index is 2.20. The first-order chi connectivity index (χ1) is 9.08. The van der Waals surface area contributed by atoms with Crippen molar-refractivity contribution in [1.82, 2.24) is 9.97 Å². The van der Waals surface area contributed by atoms with Crippen LogP contribution in [0.25, 0.3) is 0 Å². The molecule has 5 heteroatoms. The second kappa shape index (κ2) is 5.65. The summed E-state index contributed by atoms with van der Waals surface area (Å²) in [4.78, 5) is 10.6. The molecular weight excluding hydrogens is 243 g/mol. The third kappa shape index (κ3) is 3.40. The Labute approximate surface area is 112 Å². The highest BCUT2D eigenvalue weighted by Crippen LogP contribution is 2.17. The monoisotopic (exact) mass is 260 g/mol. The number of nitrogens with one attached hydrogen (secondary N) is 1. The van der Waals surface area contributed by atoms with Crippen molar-refractivity contribution in [2.24, 2.45) is 0 Å². The van der Waals surface area contributed by atoms with Crippen LogP contribution in [0.4, 0.5) is 16.0 Å². The molecule has 0 saturated heterocycles. The lowest BCUT2D eigenvalue weighted by Crippen LogP contribution is -2.18. The van der Waals surface area contributed by atoms with E-state index in [1.54, 1.807) is 6.07 Å². The summed E-state index contributed by atoms with van der Waals surface area (Å²) in [6.45, 7) is 2.44. The predicted octanol–water partition coefficient (Wildman–Crippen LogP) is 2.60. The Morgan fingerprint density at radius 3 is 2.74 bits per heavy atom. The quantitative estimate of drug-likeness (QED) is 0.917. The van der Waals surface area contributed by atoms with Crippen LogP contribution in [0.1, 0.15) is 11.4 Å². The fourth-order valence-corrected chi connectivity index (χ4v) is 1.87. The highest BCUT2D eigenvalue weighted by Gasteiger charge is 2.07. The topological polar surface area (TPSA) is 41.0 Å². The normalized spacial score (nSPS) is 10.3. The van der Waals surface area contributed by atoms with Gasteiger partial charge >= 0.3 is 0 Å². The molecular formula is C14H17FN4. The minimum Gasteiger partial charge on any atom is -0.373 e. The van der Waals surface area contributed by atoms with Crippen molar-refractivity contribution in [2.45, 2.75) is 13.5 Å². The highest BCUT2D eigenvalue weighted by molar-refractivity contribution is 5.49. The van der Waals surface area contributed by atoms with E-state index in [-0.39, 0.29) is 5.82 Å². The number of hydrogen-bond donors (Lipinski definition) is 1. The number of halogens is 1. The minimum absolute atomic E-state index is 0.222. The van der Waals surface area contributed by atoms with E-state index in [1.165, 1.54) is 12.1 Å². The number of aromatic nitrogens is 2.